The quantitative estimate of drug-likeness (QED) is 0.0632. The fourth-order valence-corrected chi connectivity index (χ4v) is 12.1. The van der Waals surface area contributed by atoms with Gasteiger partial charge >= 0.3 is 0 Å². The normalized spacial score (nSPS) is 27.1. The first-order chi connectivity index (χ1) is 38.4. The van der Waals surface area contributed by atoms with Crippen LogP contribution in [-0.4, -0.2) is 113 Å². The minimum atomic E-state index is -0.0986. The summed E-state index contributed by atoms with van der Waals surface area (Å²) in [6.45, 7) is 3.51. The minimum Gasteiger partial charge on any atom is -0.504 e. The van der Waals surface area contributed by atoms with Crippen LogP contribution in [0.3, 0.4) is 0 Å². The van der Waals surface area contributed by atoms with Crippen molar-refractivity contribution in [1.82, 2.24) is 0 Å². The van der Waals surface area contributed by atoms with Crippen LogP contribution in [-0.2, 0) is 35.0 Å². The SMILES string of the molecule is COc1cc([C@H]2OC[C@H]3[C@@H]2CO[C@@H]3c2ccc(O)c(OC)c2)ccc1O.COc1cc([C@H]2OC[C@H]3[C@@H]2CO[C@H]3c2ccc(CO)c(OC)c2)ccc1O.COc1cc([C@H]2OC[C@H]3[C@@H]2CO[C@H]3c2ccc(O)c(OC)c2)ccc1O. The fraction of sp³-hybridized carbons (Fsp3) is 0.410. The van der Waals surface area contributed by atoms with Crippen LogP contribution in [0.15, 0.2) is 109 Å². The highest BCUT2D eigenvalue weighted by molar-refractivity contribution is 5.47. The van der Waals surface area contributed by atoms with Gasteiger partial charge in [-0.05, 0) is 100 Å². The van der Waals surface area contributed by atoms with Crippen molar-refractivity contribution >= 4 is 0 Å². The van der Waals surface area contributed by atoms with Gasteiger partial charge in [0.05, 0.1) is 126 Å². The fourth-order valence-electron chi connectivity index (χ4n) is 12.1. The Morgan fingerprint density at radius 3 is 0.684 bits per heavy atom. The van der Waals surface area contributed by atoms with E-state index < -0.39 is 0 Å². The van der Waals surface area contributed by atoms with Gasteiger partial charge in [0.2, 0.25) is 0 Å². The molecule has 0 radical (unpaired) electrons. The summed E-state index contributed by atoms with van der Waals surface area (Å²) < 4.78 is 68.0. The smallest absolute Gasteiger partial charge is 0.160 e. The lowest BCUT2D eigenvalue weighted by molar-refractivity contribution is 0.0190. The Labute approximate surface area is 458 Å². The zero-order valence-electron chi connectivity index (χ0n) is 44.9. The topological polar surface area (TPSA) is 232 Å². The summed E-state index contributed by atoms with van der Waals surface area (Å²) in [4.78, 5) is 0. The number of hydrogen-bond donors (Lipinski definition) is 6. The van der Waals surface area contributed by atoms with E-state index in [1.165, 1.54) is 35.5 Å². The van der Waals surface area contributed by atoms with Gasteiger partial charge < -0.3 is 87.5 Å². The third-order valence-electron chi connectivity index (χ3n) is 16.3. The van der Waals surface area contributed by atoms with Crippen LogP contribution >= 0.6 is 0 Å². The highest BCUT2D eigenvalue weighted by Gasteiger charge is 2.51. The van der Waals surface area contributed by atoms with Gasteiger partial charge in [0.15, 0.2) is 57.5 Å². The van der Waals surface area contributed by atoms with Crippen molar-refractivity contribution < 1.29 is 87.5 Å². The van der Waals surface area contributed by atoms with E-state index in [4.69, 9.17) is 56.8 Å². The maximum atomic E-state index is 9.83. The molecule has 0 spiro atoms. The first kappa shape index (κ1) is 55.2. The summed E-state index contributed by atoms with van der Waals surface area (Å²) >= 11 is 0. The molecule has 0 saturated carbocycles. The number of benzene rings is 6. The molecule has 6 saturated heterocycles. The predicted molar refractivity (Wildman–Crippen MR) is 285 cm³/mol. The summed E-state index contributed by atoms with van der Waals surface area (Å²) in [7, 11) is 9.26. The first-order valence-corrected chi connectivity index (χ1v) is 26.2. The van der Waals surface area contributed by atoms with E-state index in [1.54, 1.807) is 37.4 Å². The molecule has 12 atom stereocenters. The number of methoxy groups -OCH3 is 6. The first-order valence-electron chi connectivity index (χ1n) is 26.2. The molecule has 0 bridgehead atoms. The molecule has 6 aromatic carbocycles. The van der Waals surface area contributed by atoms with E-state index in [2.05, 4.69) is 0 Å². The Balaban J connectivity index is 0.000000134. The van der Waals surface area contributed by atoms with Gasteiger partial charge in [0.25, 0.3) is 0 Å². The van der Waals surface area contributed by atoms with E-state index in [1.807, 2.05) is 78.9 Å². The molecule has 6 aliphatic rings. The Morgan fingerprint density at radius 2 is 0.494 bits per heavy atom. The molecule has 420 valence electrons. The molecule has 6 aliphatic heterocycles. The van der Waals surface area contributed by atoms with E-state index in [0.717, 1.165) is 38.9 Å². The lowest BCUT2D eigenvalue weighted by atomic mass is 9.84. The molecule has 79 heavy (non-hydrogen) atoms. The number of rotatable bonds is 13. The molecular weight excluding hydrogens is 1020 g/mol. The van der Waals surface area contributed by atoms with Crippen molar-refractivity contribution in [3.63, 3.8) is 0 Å². The lowest BCUT2D eigenvalue weighted by Gasteiger charge is -2.18. The van der Waals surface area contributed by atoms with Crippen molar-refractivity contribution in [1.29, 1.82) is 0 Å². The summed E-state index contributed by atoms with van der Waals surface area (Å²) in [5.41, 5.74) is 6.66. The Morgan fingerprint density at radius 1 is 0.304 bits per heavy atom. The highest BCUT2D eigenvalue weighted by atomic mass is 16.5. The van der Waals surface area contributed by atoms with E-state index in [-0.39, 0.29) is 107 Å². The number of aliphatic hydroxyl groups excluding tert-OH is 1. The Kier molecular flexibility index (Phi) is 16.8. The van der Waals surface area contributed by atoms with Crippen molar-refractivity contribution in [2.24, 2.45) is 35.5 Å². The summed E-state index contributed by atoms with van der Waals surface area (Å²) in [6, 6.07) is 32.4. The van der Waals surface area contributed by atoms with E-state index in [9.17, 15) is 30.6 Å². The van der Waals surface area contributed by atoms with Crippen LogP contribution in [0.4, 0.5) is 0 Å². The van der Waals surface area contributed by atoms with Gasteiger partial charge in [-0.15, -0.1) is 0 Å². The number of phenolic OH excluding ortho intramolecular Hbond substituents is 5. The standard InChI is InChI=1S/C21H24O6.2C20H22O6/c1-24-18-7-12(3-4-14(18)9-22)20-15-10-27-21(16(15)11-26-20)13-5-6-17(23)19(8-13)25-2;2*1-23-17-7-11(3-5-15(17)21)19-13-9-26-20(14(13)10-25-19)12-4-6-16(22)18(8-12)24-2/h3-8,15-16,20-23H,9-11H2,1-2H3;2*3-8,13-14,19-22H,9-10H2,1-2H3/t15-,16-,20-,21+;13-,14-,19+,20+;13-,14-,19-,20+/m000/s1. The van der Waals surface area contributed by atoms with Gasteiger partial charge in [-0.3, -0.25) is 0 Å². The highest BCUT2D eigenvalue weighted by Crippen LogP contribution is 2.54. The van der Waals surface area contributed by atoms with Crippen LogP contribution < -0.4 is 28.4 Å². The summed E-state index contributed by atoms with van der Waals surface area (Å²) in [5, 5.41) is 58.5. The molecule has 6 fully saturated rings. The Bertz CT molecular complexity index is 2810. The molecule has 6 heterocycles. The molecule has 0 aromatic heterocycles. The molecular formula is C61H68O18. The second kappa shape index (κ2) is 24.1. The zero-order valence-corrected chi connectivity index (χ0v) is 44.9. The summed E-state index contributed by atoms with van der Waals surface area (Å²) in [6.07, 6.45) is -0.553. The minimum absolute atomic E-state index is 0.0606. The van der Waals surface area contributed by atoms with Crippen LogP contribution in [0.5, 0.6) is 63.2 Å². The van der Waals surface area contributed by atoms with Crippen molar-refractivity contribution in [2.75, 3.05) is 82.3 Å². The summed E-state index contributed by atoms with van der Waals surface area (Å²) in [5.74, 6) is 4.77. The largest absolute Gasteiger partial charge is 0.504 e. The van der Waals surface area contributed by atoms with Gasteiger partial charge in [0.1, 0.15) is 5.75 Å². The third-order valence-corrected chi connectivity index (χ3v) is 16.3. The van der Waals surface area contributed by atoms with Crippen molar-refractivity contribution in [2.45, 2.75) is 43.2 Å². The zero-order chi connectivity index (χ0) is 55.5. The number of ether oxygens (including phenoxy) is 12. The molecule has 6 aromatic rings. The molecule has 18 heteroatoms. The average molecular weight is 1090 g/mol. The molecule has 12 rings (SSSR count). The number of hydrogen-bond acceptors (Lipinski definition) is 18. The molecule has 0 aliphatic carbocycles. The second-order valence-electron chi connectivity index (χ2n) is 20.4. The van der Waals surface area contributed by atoms with Gasteiger partial charge in [0, 0.05) is 41.1 Å². The van der Waals surface area contributed by atoms with Gasteiger partial charge in [-0.2, -0.15) is 0 Å². The van der Waals surface area contributed by atoms with Crippen molar-refractivity contribution in [3.05, 3.63) is 148 Å². The Hall–Kier alpha value is -7.16. The number of fused-ring (bicyclic) bond motifs is 3. The second-order valence-corrected chi connectivity index (χ2v) is 20.4. The third kappa shape index (κ3) is 11.0. The van der Waals surface area contributed by atoms with E-state index >= 15 is 0 Å². The molecule has 6 N–H and O–H groups in total. The average Bonchev–Trinajstić information content (AvgIpc) is 4.46. The predicted octanol–water partition coefficient (Wildman–Crippen LogP) is 9.36. The van der Waals surface area contributed by atoms with E-state index in [0.29, 0.717) is 74.1 Å². The monoisotopic (exact) mass is 1090 g/mol. The number of aromatic hydroxyl groups is 5. The molecule has 0 amide bonds. The van der Waals surface area contributed by atoms with Crippen molar-refractivity contribution in [3.8, 4) is 63.2 Å². The van der Waals surface area contributed by atoms with Gasteiger partial charge in [-0.25, -0.2) is 0 Å². The van der Waals surface area contributed by atoms with Crippen LogP contribution in [0.25, 0.3) is 0 Å². The maximum Gasteiger partial charge on any atom is 0.160 e. The maximum absolute atomic E-state index is 9.83. The van der Waals surface area contributed by atoms with Crippen LogP contribution in [0.1, 0.15) is 75.6 Å². The van der Waals surface area contributed by atoms with Gasteiger partial charge in [-0.1, -0.05) is 42.5 Å². The van der Waals surface area contributed by atoms with Crippen LogP contribution in [0.2, 0.25) is 0 Å². The number of aliphatic hydroxyl groups is 1. The lowest BCUT2D eigenvalue weighted by Crippen LogP contribution is -2.14. The molecule has 0 unspecified atom stereocenters. The molecule has 18 nitrogen and oxygen atoms in total. The van der Waals surface area contributed by atoms with Crippen LogP contribution in [0, 0.1) is 35.5 Å². The number of phenols is 5.